The first-order valence-corrected chi connectivity index (χ1v) is 9.39. The Morgan fingerprint density at radius 2 is 1.77 bits per heavy atom. The Kier molecular flexibility index (Phi) is 5.01. The Bertz CT molecular complexity index is 1070. The average Bonchev–Trinajstić information content (AvgIpc) is 2.98. The number of carbonyl (C=O) groups excluding carboxylic acids is 5. The minimum absolute atomic E-state index is 0.0502. The van der Waals surface area contributed by atoms with E-state index < -0.39 is 29.7 Å². The summed E-state index contributed by atoms with van der Waals surface area (Å²) in [7, 11) is 0. The van der Waals surface area contributed by atoms with Gasteiger partial charge in [-0.15, -0.1) is 0 Å². The molecule has 1 fully saturated rings. The van der Waals surface area contributed by atoms with E-state index >= 15 is 0 Å². The molecule has 1 unspecified atom stereocenters. The van der Waals surface area contributed by atoms with Crippen LogP contribution in [0.2, 0.25) is 0 Å². The third-order valence-corrected chi connectivity index (χ3v) is 4.97. The predicted molar refractivity (Wildman–Crippen MR) is 107 cm³/mol. The largest absolute Gasteiger partial charge is 0.375 e. The maximum atomic E-state index is 13.0. The number of benzene rings is 2. The van der Waals surface area contributed by atoms with Gasteiger partial charge in [0.05, 0.1) is 17.7 Å². The molecular formula is C21H18N4O5. The van der Waals surface area contributed by atoms with E-state index in [9.17, 15) is 24.0 Å². The highest BCUT2D eigenvalue weighted by Crippen LogP contribution is 2.32. The van der Waals surface area contributed by atoms with Crippen molar-refractivity contribution in [2.45, 2.75) is 18.9 Å². The van der Waals surface area contributed by atoms with Crippen LogP contribution in [-0.4, -0.2) is 47.0 Å². The summed E-state index contributed by atoms with van der Waals surface area (Å²) in [5.41, 5.74) is 1.22. The molecule has 5 amide bonds. The molecule has 4 rings (SSSR count). The Hall–Kier alpha value is -4.01. The van der Waals surface area contributed by atoms with Crippen molar-refractivity contribution in [1.82, 2.24) is 10.2 Å². The molecule has 2 aliphatic heterocycles. The SMILES string of the molecule is O=C1CCC(N2C(=O)c3cccc(NCC(=O)Nc4ccccc4)c3C2=O)C(=O)N1. The Labute approximate surface area is 171 Å². The van der Waals surface area contributed by atoms with Crippen LogP contribution < -0.4 is 16.0 Å². The van der Waals surface area contributed by atoms with Crippen molar-refractivity contribution >= 4 is 40.9 Å². The van der Waals surface area contributed by atoms with E-state index in [2.05, 4.69) is 16.0 Å². The second-order valence-electron chi connectivity index (χ2n) is 6.94. The number of para-hydroxylation sites is 1. The van der Waals surface area contributed by atoms with Crippen LogP contribution in [0.5, 0.6) is 0 Å². The van der Waals surface area contributed by atoms with Crippen LogP contribution in [0.25, 0.3) is 0 Å². The third-order valence-electron chi connectivity index (χ3n) is 4.97. The fraction of sp³-hybridized carbons (Fsp3) is 0.190. The number of hydrogen-bond donors (Lipinski definition) is 3. The third kappa shape index (κ3) is 3.52. The molecule has 2 aromatic carbocycles. The summed E-state index contributed by atoms with van der Waals surface area (Å²) in [5.74, 6) is -2.65. The maximum Gasteiger partial charge on any atom is 0.264 e. The summed E-state index contributed by atoms with van der Waals surface area (Å²) < 4.78 is 0. The smallest absolute Gasteiger partial charge is 0.264 e. The number of nitrogens with one attached hydrogen (secondary N) is 3. The summed E-state index contributed by atoms with van der Waals surface area (Å²) in [6.07, 6.45) is 0.132. The summed E-state index contributed by atoms with van der Waals surface area (Å²) in [6.45, 7) is -0.120. The summed E-state index contributed by atoms with van der Waals surface area (Å²) >= 11 is 0. The minimum atomic E-state index is -1.04. The fourth-order valence-corrected chi connectivity index (χ4v) is 3.56. The lowest BCUT2D eigenvalue weighted by Crippen LogP contribution is -2.54. The molecule has 9 heteroatoms. The van der Waals surface area contributed by atoms with E-state index in [4.69, 9.17) is 0 Å². The molecule has 0 radical (unpaired) electrons. The van der Waals surface area contributed by atoms with Gasteiger partial charge in [0.2, 0.25) is 17.7 Å². The Morgan fingerprint density at radius 3 is 2.50 bits per heavy atom. The maximum absolute atomic E-state index is 13.0. The van der Waals surface area contributed by atoms with Crippen molar-refractivity contribution in [3.05, 3.63) is 59.7 Å². The highest BCUT2D eigenvalue weighted by Gasteiger charge is 2.45. The molecule has 0 spiro atoms. The molecule has 1 atom stereocenters. The van der Waals surface area contributed by atoms with Crippen molar-refractivity contribution in [2.75, 3.05) is 17.2 Å². The Morgan fingerprint density at radius 1 is 1.00 bits per heavy atom. The van der Waals surface area contributed by atoms with Gasteiger partial charge in [-0.1, -0.05) is 24.3 Å². The van der Waals surface area contributed by atoms with Gasteiger partial charge in [-0.05, 0) is 30.7 Å². The second kappa shape index (κ2) is 7.78. The first kappa shape index (κ1) is 19.3. The first-order valence-electron chi connectivity index (χ1n) is 9.39. The monoisotopic (exact) mass is 406 g/mol. The molecule has 2 aliphatic rings. The van der Waals surface area contributed by atoms with Crippen molar-refractivity contribution in [3.63, 3.8) is 0 Å². The van der Waals surface area contributed by atoms with Gasteiger partial charge >= 0.3 is 0 Å². The van der Waals surface area contributed by atoms with E-state index in [0.717, 1.165) is 4.90 Å². The summed E-state index contributed by atoms with van der Waals surface area (Å²) in [6, 6.07) is 12.6. The predicted octanol–water partition coefficient (Wildman–Crippen LogP) is 1.14. The number of piperidine rings is 1. The average molecular weight is 406 g/mol. The van der Waals surface area contributed by atoms with Crippen LogP contribution in [0.1, 0.15) is 33.6 Å². The number of amides is 5. The van der Waals surface area contributed by atoms with Gasteiger partial charge in [0.25, 0.3) is 11.8 Å². The fourth-order valence-electron chi connectivity index (χ4n) is 3.56. The standard InChI is InChI=1S/C21H18N4O5/c26-16-10-9-15(19(28)24-16)25-20(29)13-7-4-8-14(18(13)21(25)30)22-11-17(27)23-12-5-2-1-3-6-12/h1-8,15,22H,9-11H2,(H,23,27)(H,24,26,28). The molecule has 0 saturated carbocycles. The summed E-state index contributed by atoms with van der Waals surface area (Å²) in [4.78, 5) is 62.4. The van der Waals surface area contributed by atoms with Crippen LogP contribution in [0.15, 0.2) is 48.5 Å². The van der Waals surface area contributed by atoms with E-state index in [-0.39, 0.29) is 36.4 Å². The first-order chi connectivity index (χ1) is 14.5. The van der Waals surface area contributed by atoms with Gasteiger partial charge < -0.3 is 10.6 Å². The van der Waals surface area contributed by atoms with Crippen LogP contribution >= 0.6 is 0 Å². The van der Waals surface area contributed by atoms with Gasteiger partial charge in [-0.25, -0.2) is 0 Å². The van der Waals surface area contributed by atoms with Crippen molar-refractivity contribution in [2.24, 2.45) is 0 Å². The molecule has 9 nitrogen and oxygen atoms in total. The van der Waals surface area contributed by atoms with E-state index in [1.807, 2.05) is 6.07 Å². The van der Waals surface area contributed by atoms with Gasteiger partial charge in [0.15, 0.2) is 0 Å². The van der Waals surface area contributed by atoms with Crippen LogP contribution in [0, 0.1) is 0 Å². The van der Waals surface area contributed by atoms with E-state index in [1.54, 1.807) is 36.4 Å². The molecule has 1 saturated heterocycles. The number of fused-ring (bicyclic) bond motifs is 1. The van der Waals surface area contributed by atoms with Crippen molar-refractivity contribution in [3.8, 4) is 0 Å². The second-order valence-corrected chi connectivity index (χ2v) is 6.94. The van der Waals surface area contributed by atoms with Gasteiger partial charge in [-0.2, -0.15) is 0 Å². The minimum Gasteiger partial charge on any atom is -0.375 e. The number of imide groups is 2. The Balaban J connectivity index is 1.51. The van der Waals surface area contributed by atoms with Crippen LogP contribution in [-0.2, 0) is 14.4 Å². The number of hydrogen-bond acceptors (Lipinski definition) is 6. The van der Waals surface area contributed by atoms with Crippen LogP contribution in [0.4, 0.5) is 11.4 Å². The van der Waals surface area contributed by atoms with Gasteiger partial charge in [0.1, 0.15) is 6.04 Å². The topological polar surface area (TPSA) is 125 Å². The molecule has 30 heavy (non-hydrogen) atoms. The number of rotatable bonds is 5. The lowest BCUT2D eigenvalue weighted by Gasteiger charge is -2.27. The van der Waals surface area contributed by atoms with Crippen LogP contribution in [0.3, 0.4) is 0 Å². The number of nitrogens with zero attached hydrogens (tertiary/aromatic N) is 1. The normalized spacial score (nSPS) is 18.1. The molecule has 152 valence electrons. The zero-order chi connectivity index (χ0) is 21.3. The summed E-state index contributed by atoms with van der Waals surface area (Å²) in [5, 5.41) is 7.77. The zero-order valence-corrected chi connectivity index (χ0v) is 15.8. The molecule has 0 aliphatic carbocycles. The molecule has 3 N–H and O–H groups in total. The van der Waals surface area contributed by atoms with E-state index in [0.29, 0.717) is 11.4 Å². The highest BCUT2D eigenvalue weighted by molar-refractivity contribution is 6.25. The zero-order valence-electron chi connectivity index (χ0n) is 15.8. The molecule has 2 heterocycles. The quantitative estimate of drug-likeness (QED) is 0.640. The van der Waals surface area contributed by atoms with Gasteiger partial charge in [0, 0.05) is 17.8 Å². The highest BCUT2D eigenvalue weighted by atomic mass is 16.2. The van der Waals surface area contributed by atoms with Gasteiger partial charge in [-0.3, -0.25) is 34.2 Å². The molecule has 0 bridgehead atoms. The van der Waals surface area contributed by atoms with Crippen molar-refractivity contribution in [1.29, 1.82) is 0 Å². The molecule has 0 aromatic heterocycles. The van der Waals surface area contributed by atoms with E-state index in [1.165, 1.54) is 6.07 Å². The lowest BCUT2D eigenvalue weighted by molar-refractivity contribution is -0.136. The number of anilines is 2. The molecular weight excluding hydrogens is 388 g/mol. The number of carbonyl (C=O) groups is 5. The molecule has 2 aromatic rings. The lowest BCUT2D eigenvalue weighted by atomic mass is 10.0. The van der Waals surface area contributed by atoms with Crippen molar-refractivity contribution < 1.29 is 24.0 Å².